The summed E-state index contributed by atoms with van der Waals surface area (Å²) in [5, 5.41) is 10.4. The average Bonchev–Trinajstić information content (AvgIpc) is 3.02. The van der Waals surface area contributed by atoms with Gasteiger partial charge in [-0.2, -0.15) is 5.26 Å². The van der Waals surface area contributed by atoms with Crippen LogP contribution >= 0.6 is 0 Å². The highest BCUT2D eigenvalue weighted by molar-refractivity contribution is 6.05. The van der Waals surface area contributed by atoms with E-state index in [1.807, 2.05) is 60.7 Å². The lowest BCUT2D eigenvalue weighted by Gasteiger charge is -2.33. The molecule has 0 fully saturated rings. The van der Waals surface area contributed by atoms with Gasteiger partial charge in [-0.3, -0.25) is 0 Å². The topological polar surface area (TPSA) is 49.2 Å². The molecule has 0 aliphatic carbocycles. The van der Waals surface area contributed by atoms with Crippen LogP contribution in [0.25, 0.3) is 33.3 Å². The van der Waals surface area contributed by atoms with Gasteiger partial charge in [0.05, 0.1) is 39.9 Å². The van der Waals surface area contributed by atoms with Crippen molar-refractivity contribution in [1.29, 1.82) is 5.26 Å². The van der Waals surface area contributed by atoms with Crippen molar-refractivity contribution in [2.45, 2.75) is 26.2 Å². The van der Waals surface area contributed by atoms with E-state index in [0.717, 1.165) is 61.8 Å². The fourth-order valence-corrected chi connectivity index (χ4v) is 5.63. The van der Waals surface area contributed by atoms with Crippen molar-refractivity contribution < 1.29 is 4.74 Å². The smallest absolute Gasteiger partial charge is 0.151 e. The molecule has 0 N–H and O–H groups in total. The van der Waals surface area contributed by atoms with Gasteiger partial charge in [-0.15, -0.1) is 0 Å². The first kappa shape index (κ1) is 25.6. The fourth-order valence-electron chi connectivity index (χ4n) is 5.63. The van der Waals surface area contributed by atoms with Crippen molar-refractivity contribution in [2.24, 2.45) is 0 Å². The summed E-state index contributed by atoms with van der Waals surface area (Å²) in [5.74, 6) is 1.60. The van der Waals surface area contributed by atoms with E-state index in [-0.39, 0.29) is 5.41 Å². The summed E-state index contributed by atoms with van der Waals surface area (Å²) in [6.07, 6.45) is 0. The number of hydrogen-bond acceptors (Lipinski definition) is 4. The maximum atomic E-state index is 9.37. The highest BCUT2D eigenvalue weighted by atomic mass is 16.5. The molecule has 0 saturated carbocycles. The number of hydrogen-bond donors (Lipinski definition) is 0. The van der Waals surface area contributed by atoms with Gasteiger partial charge in [0.1, 0.15) is 0 Å². The van der Waals surface area contributed by atoms with Crippen molar-refractivity contribution in [3.8, 4) is 40.0 Å². The molecule has 7 rings (SSSR count). The van der Waals surface area contributed by atoms with Gasteiger partial charge in [0.25, 0.3) is 0 Å². The monoisotopic (exact) mass is 543 g/mol. The molecule has 42 heavy (non-hydrogen) atoms. The lowest BCUT2D eigenvalue weighted by Crippen LogP contribution is -2.16. The van der Waals surface area contributed by atoms with Gasteiger partial charge in [-0.25, -0.2) is 4.98 Å². The number of fused-ring (bicyclic) bond motifs is 3. The predicted molar refractivity (Wildman–Crippen MR) is 171 cm³/mol. The minimum atomic E-state index is 0.0662. The molecular weight excluding hydrogens is 514 g/mol. The van der Waals surface area contributed by atoms with E-state index in [9.17, 15) is 5.26 Å². The number of anilines is 3. The third kappa shape index (κ3) is 4.36. The average molecular weight is 544 g/mol. The van der Waals surface area contributed by atoms with Crippen LogP contribution in [-0.2, 0) is 5.41 Å². The van der Waals surface area contributed by atoms with E-state index in [0.29, 0.717) is 5.56 Å². The quantitative estimate of drug-likeness (QED) is 0.222. The van der Waals surface area contributed by atoms with Crippen LogP contribution < -0.4 is 9.64 Å². The molecule has 0 spiro atoms. The second kappa shape index (κ2) is 9.90. The zero-order chi connectivity index (χ0) is 28.8. The summed E-state index contributed by atoms with van der Waals surface area (Å²) in [4.78, 5) is 7.55. The summed E-state index contributed by atoms with van der Waals surface area (Å²) in [7, 11) is 0. The molecule has 4 heteroatoms. The van der Waals surface area contributed by atoms with E-state index in [2.05, 4.69) is 92.4 Å². The van der Waals surface area contributed by atoms with Crippen LogP contribution in [0.1, 0.15) is 31.9 Å². The van der Waals surface area contributed by atoms with E-state index >= 15 is 0 Å². The number of para-hydroxylation sites is 5. The molecule has 0 radical (unpaired) electrons. The van der Waals surface area contributed by atoms with E-state index < -0.39 is 0 Å². The van der Waals surface area contributed by atoms with E-state index in [4.69, 9.17) is 9.72 Å². The third-order valence-electron chi connectivity index (χ3n) is 7.86. The zero-order valence-electron chi connectivity index (χ0n) is 23.8. The number of ether oxygens (including phenoxy) is 1. The third-order valence-corrected chi connectivity index (χ3v) is 7.86. The Labute approximate surface area is 246 Å². The van der Waals surface area contributed by atoms with Crippen LogP contribution in [0.3, 0.4) is 0 Å². The summed E-state index contributed by atoms with van der Waals surface area (Å²) in [5.41, 5.74) is 9.82. The number of aromatic nitrogens is 1. The number of benzene rings is 5. The van der Waals surface area contributed by atoms with Gasteiger partial charge in [0.2, 0.25) is 0 Å². The number of nitrogens with zero attached hydrogens (tertiary/aromatic N) is 3. The molecule has 0 amide bonds. The molecule has 0 unspecified atom stereocenters. The van der Waals surface area contributed by atoms with Crippen LogP contribution in [0, 0.1) is 11.3 Å². The van der Waals surface area contributed by atoms with E-state index in [1.54, 1.807) is 0 Å². The van der Waals surface area contributed by atoms with Crippen molar-refractivity contribution in [3.63, 3.8) is 0 Å². The maximum absolute atomic E-state index is 9.37. The van der Waals surface area contributed by atoms with Crippen molar-refractivity contribution in [3.05, 3.63) is 132 Å². The van der Waals surface area contributed by atoms with Crippen molar-refractivity contribution >= 4 is 28.0 Å². The van der Waals surface area contributed by atoms with Gasteiger partial charge in [0.15, 0.2) is 11.5 Å². The Kier molecular flexibility index (Phi) is 6.03. The molecule has 5 aromatic carbocycles. The first-order valence-corrected chi connectivity index (χ1v) is 14.1. The Bertz CT molecular complexity index is 1950. The molecule has 6 aromatic rings. The van der Waals surface area contributed by atoms with Gasteiger partial charge in [-0.1, -0.05) is 93.6 Å². The van der Waals surface area contributed by atoms with Gasteiger partial charge in [-0.05, 0) is 70.6 Å². The lowest BCUT2D eigenvalue weighted by atomic mass is 9.86. The van der Waals surface area contributed by atoms with E-state index in [1.165, 1.54) is 5.56 Å². The van der Waals surface area contributed by atoms with Crippen molar-refractivity contribution in [1.82, 2.24) is 4.98 Å². The number of pyridine rings is 1. The van der Waals surface area contributed by atoms with Crippen LogP contribution in [0.4, 0.5) is 17.1 Å². The lowest BCUT2D eigenvalue weighted by molar-refractivity contribution is 0.477. The second-order valence-electron chi connectivity index (χ2n) is 11.6. The Morgan fingerprint density at radius 1 is 0.667 bits per heavy atom. The van der Waals surface area contributed by atoms with Crippen LogP contribution in [0.5, 0.6) is 11.5 Å². The van der Waals surface area contributed by atoms with Crippen molar-refractivity contribution in [2.75, 3.05) is 4.90 Å². The molecular formula is C38H29N3O. The maximum Gasteiger partial charge on any atom is 0.151 e. The molecule has 2 heterocycles. The molecule has 202 valence electrons. The molecule has 4 nitrogen and oxygen atoms in total. The fraction of sp³-hybridized carbons (Fsp3) is 0.105. The number of rotatable bonds is 3. The zero-order valence-corrected chi connectivity index (χ0v) is 23.8. The first-order chi connectivity index (χ1) is 20.4. The Hall–Kier alpha value is -5.40. The van der Waals surface area contributed by atoms with Gasteiger partial charge < -0.3 is 9.64 Å². The molecule has 1 aromatic heterocycles. The van der Waals surface area contributed by atoms with Gasteiger partial charge in [0, 0.05) is 10.9 Å². The molecule has 0 atom stereocenters. The Morgan fingerprint density at radius 2 is 1.26 bits per heavy atom. The first-order valence-electron chi connectivity index (χ1n) is 14.1. The molecule has 1 aliphatic rings. The summed E-state index contributed by atoms with van der Waals surface area (Å²) in [6, 6.07) is 43.5. The van der Waals surface area contributed by atoms with Crippen LogP contribution in [-0.4, -0.2) is 4.98 Å². The second-order valence-corrected chi connectivity index (χ2v) is 11.6. The van der Waals surface area contributed by atoms with Crippen LogP contribution in [0.15, 0.2) is 121 Å². The van der Waals surface area contributed by atoms with Gasteiger partial charge >= 0.3 is 0 Å². The van der Waals surface area contributed by atoms with Crippen LogP contribution in [0.2, 0.25) is 0 Å². The minimum absolute atomic E-state index is 0.0662. The predicted octanol–water partition coefficient (Wildman–Crippen LogP) is 10.3. The summed E-state index contributed by atoms with van der Waals surface area (Å²) >= 11 is 0. The molecule has 0 bridgehead atoms. The normalized spacial score (nSPS) is 12.3. The molecule has 0 saturated heterocycles. The molecule has 1 aliphatic heterocycles. The minimum Gasteiger partial charge on any atom is -0.453 e. The Morgan fingerprint density at radius 3 is 1.88 bits per heavy atom. The summed E-state index contributed by atoms with van der Waals surface area (Å²) in [6.45, 7) is 6.70. The largest absolute Gasteiger partial charge is 0.453 e. The summed E-state index contributed by atoms with van der Waals surface area (Å²) < 4.78 is 6.30. The standard InChI is InChI=1S/C38H29N3O/c1-38(2,3)28-21-19-26(20-22-28)30-23-31(27-17-15-25(24-39)16-18-27)40-37-29(30)9-8-12-34(37)41-32-10-4-6-13-35(32)42-36-14-7-5-11-33(36)41/h4-23H,1-3H3. The SMILES string of the molecule is CC(C)(C)c1ccc(-c2cc(-c3ccc(C#N)cc3)nc3c(N4c5ccccc5Oc5ccccc54)cccc23)cc1. The highest BCUT2D eigenvalue weighted by Gasteiger charge is 2.27. The highest BCUT2D eigenvalue weighted by Crippen LogP contribution is 2.51. The Balaban J connectivity index is 1.51. The number of nitriles is 1.